The highest BCUT2D eigenvalue weighted by Gasteiger charge is 2.33. The highest BCUT2D eigenvalue weighted by Crippen LogP contribution is 2.27. The van der Waals surface area contributed by atoms with Gasteiger partial charge in [0, 0.05) is 17.6 Å². The molecule has 0 spiro atoms. The van der Waals surface area contributed by atoms with Crippen LogP contribution >= 0.6 is 0 Å². The molecule has 0 heterocycles. The second-order valence-electron chi connectivity index (χ2n) is 10.4. The fourth-order valence-corrected chi connectivity index (χ4v) is 5.42. The molecule has 0 aliphatic rings. The Kier molecular flexibility index (Phi) is 10.1. The van der Waals surface area contributed by atoms with Crippen molar-refractivity contribution < 1.29 is 31.5 Å². The maximum Gasteiger partial charge on any atom is 0.264 e. The molecule has 3 aromatic carbocycles. The Balaban J connectivity index is 2.05. The van der Waals surface area contributed by atoms with Crippen molar-refractivity contribution in [2.75, 3.05) is 17.5 Å². The third-order valence-electron chi connectivity index (χ3n) is 6.08. The minimum absolute atomic E-state index is 0.142. The van der Waals surface area contributed by atoms with Crippen LogP contribution in [-0.4, -0.2) is 49.9 Å². The molecule has 11 heteroatoms. The van der Waals surface area contributed by atoms with E-state index in [4.69, 9.17) is 4.74 Å². The van der Waals surface area contributed by atoms with E-state index in [-0.39, 0.29) is 22.7 Å². The average molecular weight is 588 g/mol. The van der Waals surface area contributed by atoms with E-state index >= 15 is 0 Å². The van der Waals surface area contributed by atoms with E-state index in [1.165, 1.54) is 37.3 Å². The number of ether oxygens (including phenoxy) is 1. The number of hydrogen-bond donors (Lipinski definition) is 1. The van der Waals surface area contributed by atoms with Crippen LogP contribution in [0.4, 0.5) is 14.5 Å². The van der Waals surface area contributed by atoms with Crippen LogP contribution in [0, 0.1) is 11.6 Å². The van der Waals surface area contributed by atoms with Crippen molar-refractivity contribution >= 4 is 27.5 Å². The van der Waals surface area contributed by atoms with Crippen molar-refractivity contribution in [2.45, 2.75) is 57.6 Å². The summed E-state index contributed by atoms with van der Waals surface area (Å²) >= 11 is 0. The van der Waals surface area contributed by atoms with Gasteiger partial charge in [-0.05, 0) is 89.2 Å². The number of anilines is 1. The lowest BCUT2D eigenvalue weighted by Gasteiger charge is -2.33. The topological polar surface area (TPSA) is 96.0 Å². The van der Waals surface area contributed by atoms with Gasteiger partial charge in [0.05, 0.1) is 17.2 Å². The number of halogens is 2. The lowest BCUT2D eigenvalue weighted by atomic mass is 10.1. The second kappa shape index (κ2) is 13.1. The Morgan fingerprint density at radius 1 is 0.951 bits per heavy atom. The summed E-state index contributed by atoms with van der Waals surface area (Å²) in [6, 6.07) is 15.1. The molecule has 0 radical (unpaired) electrons. The molecule has 0 saturated carbocycles. The molecule has 220 valence electrons. The number of benzene rings is 3. The number of carbonyl (C=O) groups is 2. The third-order valence-corrected chi connectivity index (χ3v) is 7.87. The Labute approximate surface area is 240 Å². The first-order valence-electron chi connectivity index (χ1n) is 13.1. The van der Waals surface area contributed by atoms with Gasteiger partial charge in [-0.15, -0.1) is 0 Å². The molecule has 3 rings (SSSR count). The summed E-state index contributed by atoms with van der Waals surface area (Å²) in [5, 5.41) is 2.81. The summed E-state index contributed by atoms with van der Waals surface area (Å²) in [5.41, 5.74) is -0.313. The third kappa shape index (κ3) is 8.26. The molecule has 2 amide bonds. The fourth-order valence-electron chi connectivity index (χ4n) is 4.00. The van der Waals surface area contributed by atoms with Gasteiger partial charge >= 0.3 is 0 Å². The molecule has 1 N–H and O–H groups in total. The molecule has 0 aliphatic heterocycles. The van der Waals surface area contributed by atoms with E-state index in [0.29, 0.717) is 12.4 Å². The summed E-state index contributed by atoms with van der Waals surface area (Å²) in [6.45, 7) is 8.05. The molecule has 0 bridgehead atoms. The van der Waals surface area contributed by atoms with Gasteiger partial charge in [0.1, 0.15) is 30.0 Å². The summed E-state index contributed by atoms with van der Waals surface area (Å²) in [4.78, 5) is 27.9. The first-order valence-corrected chi connectivity index (χ1v) is 14.5. The maximum atomic E-state index is 14.6. The number of hydrogen-bond acceptors (Lipinski definition) is 5. The summed E-state index contributed by atoms with van der Waals surface area (Å²) in [7, 11) is -4.38. The predicted molar refractivity (Wildman–Crippen MR) is 153 cm³/mol. The maximum absolute atomic E-state index is 14.6. The quantitative estimate of drug-likeness (QED) is 0.345. The highest BCUT2D eigenvalue weighted by atomic mass is 32.2. The van der Waals surface area contributed by atoms with Crippen molar-refractivity contribution in [1.29, 1.82) is 0 Å². The van der Waals surface area contributed by atoms with Crippen molar-refractivity contribution in [1.82, 2.24) is 10.2 Å². The zero-order valence-corrected chi connectivity index (χ0v) is 24.5. The fraction of sp³-hybridized carbons (Fsp3) is 0.333. The zero-order valence-electron chi connectivity index (χ0n) is 23.7. The molecule has 8 nitrogen and oxygen atoms in total. The van der Waals surface area contributed by atoms with Gasteiger partial charge in [-0.2, -0.15) is 0 Å². The largest absolute Gasteiger partial charge is 0.494 e. The molecule has 0 saturated heterocycles. The number of amides is 2. The van der Waals surface area contributed by atoms with Crippen LogP contribution in [0.2, 0.25) is 0 Å². The van der Waals surface area contributed by atoms with Gasteiger partial charge in [0.2, 0.25) is 11.8 Å². The van der Waals surface area contributed by atoms with E-state index < -0.39 is 51.6 Å². The average Bonchev–Trinajstić information content (AvgIpc) is 2.90. The van der Waals surface area contributed by atoms with Crippen LogP contribution in [-0.2, 0) is 26.2 Å². The lowest BCUT2D eigenvalue weighted by molar-refractivity contribution is -0.140. The van der Waals surface area contributed by atoms with Gasteiger partial charge in [-0.1, -0.05) is 18.2 Å². The van der Waals surface area contributed by atoms with Gasteiger partial charge in [-0.25, -0.2) is 17.2 Å². The number of carbonyl (C=O) groups excluding carboxylic acids is 2. The SMILES string of the molecule is CCOc1ccc(N(CC(=O)N(Cc2ccccc2F)[C@@H](C)C(=O)NC(C)(C)C)S(=O)(=O)c2ccc(F)cc2)cc1. The van der Waals surface area contributed by atoms with Gasteiger partial charge in [0.15, 0.2) is 0 Å². The first kappa shape index (κ1) is 31.5. The smallest absolute Gasteiger partial charge is 0.264 e. The van der Waals surface area contributed by atoms with Crippen molar-refractivity contribution in [3.8, 4) is 5.75 Å². The van der Waals surface area contributed by atoms with Crippen molar-refractivity contribution in [2.24, 2.45) is 0 Å². The molecule has 0 aromatic heterocycles. The molecule has 0 fully saturated rings. The Hall–Kier alpha value is -3.99. The van der Waals surface area contributed by atoms with E-state index in [1.54, 1.807) is 45.9 Å². The molecule has 0 unspecified atom stereocenters. The number of nitrogens with zero attached hydrogens (tertiary/aromatic N) is 2. The van der Waals surface area contributed by atoms with E-state index in [1.807, 2.05) is 0 Å². The Bertz CT molecular complexity index is 1460. The molecule has 41 heavy (non-hydrogen) atoms. The van der Waals surface area contributed by atoms with Crippen LogP contribution < -0.4 is 14.4 Å². The van der Waals surface area contributed by atoms with Crippen LogP contribution in [0.25, 0.3) is 0 Å². The minimum atomic E-state index is -4.38. The van der Waals surface area contributed by atoms with Gasteiger partial charge in [0.25, 0.3) is 10.0 Å². The summed E-state index contributed by atoms with van der Waals surface area (Å²) in [6.07, 6.45) is 0. The summed E-state index contributed by atoms with van der Waals surface area (Å²) < 4.78 is 62.1. The lowest BCUT2D eigenvalue weighted by Crippen LogP contribution is -2.54. The Morgan fingerprint density at radius 3 is 2.12 bits per heavy atom. The Morgan fingerprint density at radius 2 is 1.56 bits per heavy atom. The second-order valence-corrected chi connectivity index (χ2v) is 12.3. The molecular weight excluding hydrogens is 552 g/mol. The van der Waals surface area contributed by atoms with E-state index in [0.717, 1.165) is 33.5 Å². The monoisotopic (exact) mass is 587 g/mol. The summed E-state index contributed by atoms with van der Waals surface area (Å²) in [5.74, 6) is -1.94. The zero-order chi connectivity index (χ0) is 30.4. The number of sulfonamides is 1. The minimum Gasteiger partial charge on any atom is -0.494 e. The molecule has 1 atom stereocenters. The van der Waals surface area contributed by atoms with Gasteiger partial charge in [-0.3, -0.25) is 13.9 Å². The number of rotatable bonds is 11. The van der Waals surface area contributed by atoms with Crippen LogP contribution in [0.15, 0.2) is 77.7 Å². The van der Waals surface area contributed by atoms with Crippen molar-refractivity contribution in [3.05, 3.63) is 90.0 Å². The highest BCUT2D eigenvalue weighted by molar-refractivity contribution is 7.92. The first-order chi connectivity index (χ1) is 19.2. The van der Waals surface area contributed by atoms with Crippen LogP contribution in [0.3, 0.4) is 0 Å². The van der Waals surface area contributed by atoms with E-state index in [9.17, 15) is 26.8 Å². The molecule has 3 aromatic rings. The van der Waals surface area contributed by atoms with Crippen LogP contribution in [0.5, 0.6) is 5.75 Å². The predicted octanol–water partition coefficient (Wildman–Crippen LogP) is 4.89. The van der Waals surface area contributed by atoms with Crippen LogP contribution in [0.1, 0.15) is 40.2 Å². The normalized spacial score (nSPS) is 12.4. The van der Waals surface area contributed by atoms with E-state index in [2.05, 4.69) is 5.32 Å². The van der Waals surface area contributed by atoms with Crippen molar-refractivity contribution in [3.63, 3.8) is 0 Å². The number of nitrogens with one attached hydrogen (secondary N) is 1. The standard InChI is InChI=1S/C30H35F2N3O5S/c1-6-40-25-15-13-24(14-16-25)35(41(38,39)26-17-11-23(31)12-18-26)20-28(36)34(19-22-9-7-8-10-27(22)32)21(2)29(37)33-30(3,4)5/h7-18,21H,6,19-20H2,1-5H3,(H,33,37)/t21-/m0/s1. The van der Waals surface area contributed by atoms with Gasteiger partial charge < -0.3 is 15.0 Å². The molecule has 0 aliphatic carbocycles. The molecular formula is C30H35F2N3O5S.